The highest BCUT2D eigenvalue weighted by atomic mass is 32.2. The fraction of sp³-hybridized carbons (Fsp3) is 0.476. The van der Waals surface area contributed by atoms with E-state index < -0.39 is 60.2 Å². The third-order valence-electron chi connectivity index (χ3n) is 4.59. The first-order chi connectivity index (χ1) is 15.5. The van der Waals surface area contributed by atoms with Crippen molar-refractivity contribution in [3.05, 3.63) is 35.9 Å². The Kier molecular flexibility index (Phi) is 11.9. The van der Waals surface area contributed by atoms with Crippen LogP contribution in [0.5, 0.6) is 0 Å². The predicted octanol–water partition coefficient (Wildman–Crippen LogP) is -1.26. The minimum absolute atomic E-state index is 0.0000544. The normalized spacial score (nSPS) is 14.3. The van der Waals surface area contributed by atoms with Crippen LogP contribution >= 0.6 is 11.8 Å². The number of primary amides is 1. The highest BCUT2D eigenvalue weighted by molar-refractivity contribution is 7.98. The highest BCUT2D eigenvalue weighted by Crippen LogP contribution is 2.06. The first-order valence-corrected chi connectivity index (χ1v) is 11.6. The number of nitrogens with one attached hydrogen (secondary N) is 3. The van der Waals surface area contributed by atoms with Crippen LogP contribution in [0.1, 0.15) is 25.3 Å². The van der Waals surface area contributed by atoms with Crippen molar-refractivity contribution in [1.29, 1.82) is 0 Å². The Hall–Kier alpha value is -3.12. The molecule has 33 heavy (non-hydrogen) atoms. The van der Waals surface area contributed by atoms with Crippen molar-refractivity contribution in [2.45, 2.75) is 50.4 Å². The van der Waals surface area contributed by atoms with Crippen LogP contribution in [0.3, 0.4) is 0 Å². The number of rotatable bonds is 14. The Balaban J connectivity index is 2.97. The molecule has 8 N–H and O–H groups in total. The number of carbonyl (C=O) groups is 5. The zero-order valence-electron chi connectivity index (χ0n) is 18.6. The molecule has 0 aromatic heterocycles. The van der Waals surface area contributed by atoms with E-state index in [1.807, 2.05) is 6.26 Å². The molecule has 0 radical (unpaired) electrons. The van der Waals surface area contributed by atoms with Gasteiger partial charge >= 0.3 is 5.97 Å². The molecule has 4 amide bonds. The predicted molar refractivity (Wildman–Crippen MR) is 124 cm³/mol. The summed E-state index contributed by atoms with van der Waals surface area (Å²) in [6.07, 6.45) is 1.53. The average Bonchev–Trinajstić information content (AvgIpc) is 2.75. The Morgan fingerprint density at radius 3 is 2.00 bits per heavy atom. The van der Waals surface area contributed by atoms with Crippen LogP contribution in [0.15, 0.2) is 30.3 Å². The van der Waals surface area contributed by atoms with Crippen LogP contribution in [-0.4, -0.2) is 70.9 Å². The lowest BCUT2D eigenvalue weighted by Crippen LogP contribution is -2.57. The topological polar surface area (TPSA) is 194 Å². The van der Waals surface area contributed by atoms with Gasteiger partial charge in [0.1, 0.15) is 18.1 Å². The number of aliphatic carboxylic acids is 1. The molecule has 1 aromatic rings. The standard InChI is InChI=1S/C21H31N5O6S/c1-12(22)18(28)24-14(8-9-33-2)19(29)25-15(11-17(23)27)20(30)26-16(21(31)32)10-13-6-4-3-5-7-13/h3-7,12,14-16H,8-11,22H2,1-2H3,(H2,23,27)(H,24,28)(H,25,29)(H,26,30)(H,31,32). The molecule has 1 aromatic carbocycles. The summed E-state index contributed by atoms with van der Waals surface area (Å²) < 4.78 is 0. The molecule has 0 aliphatic rings. The van der Waals surface area contributed by atoms with Gasteiger partial charge in [-0.25, -0.2) is 4.79 Å². The van der Waals surface area contributed by atoms with Crippen molar-refractivity contribution in [2.75, 3.05) is 12.0 Å². The summed E-state index contributed by atoms with van der Waals surface area (Å²) in [5.74, 6) is -3.77. The van der Waals surface area contributed by atoms with E-state index >= 15 is 0 Å². The fourth-order valence-electron chi connectivity index (χ4n) is 2.81. The maximum Gasteiger partial charge on any atom is 0.326 e. The van der Waals surface area contributed by atoms with E-state index in [2.05, 4.69) is 16.0 Å². The van der Waals surface area contributed by atoms with E-state index in [4.69, 9.17) is 11.5 Å². The van der Waals surface area contributed by atoms with Crippen LogP contribution < -0.4 is 27.4 Å². The van der Waals surface area contributed by atoms with Crippen molar-refractivity contribution in [3.8, 4) is 0 Å². The third kappa shape index (κ3) is 10.4. The molecule has 0 aliphatic heterocycles. The summed E-state index contributed by atoms with van der Waals surface area (Å²) in [6, 6.07) is 4.09. The van der Waals surface area contributed by atoms with E-state index in [0.717, 1.165) is 0 Å². The SMILES string of the molecule is CSCCC(NC(=O)C(C)N)C(=O)NC(CC(N)=O)C(=O)NC(Cc1ccccc1)C(=O)O. The van der Waals surface area contributed by atoms with Crippen LogP contribution in [0.25, 0.3) is 0 Å². The number of benzene rings is 1. The first-order valence-electron chi connectivity index (χ1n) is 10.3. The molecule has 0 saturated carbocycles. The van der Waals surface area contributed by atoms with E-state index in [9.17, 15) is 29.1 Å². The van der Waals surface area contributed by atoms with Gasteiger partial charge in [0.15, 0.2) is 0 Å². The number of thioether (sulfide) groups is 1. The number of carboxylic acids is 1. The maximum absolute atomic E-state index is 12.8. The third-order valence-corrected chi connectivity index (χ3v) is 5.24. The van der Waals surface area contributed by atoms with Crippen LogP contribution in [-0.2, 0) is 30.4 Å². The van der Waals surface area contributed by atoms with Gasteiger partial charge in [0.2, 0.25) is 23.6 Å². The van der Waals surface area contributed by atoms with E-state index in [-0.39, 0.29) is 12.8 Å². The quantitative estimate of drug-likeness (QED) is 0.189. The van der Waals surface area contributed by atoms with Gasteiger partial charge in [-0.3, -0.25) is 19.2 Å². The van der Waals surface area contributed by atoms with Crippen LogP contribution in [0, 0.1) is 0 Å². The minimum atomic E-state index is -1.42. The molecule has 12 heteroatoms. The smallest absolute Gasteiger partial charge is 0.326 e. The molecule has 0 fully saturated rings. The number of carboxylic acid groups (broad SMARTS) is 1. The van der Waals surface area contributed by atoms with Crippen molar-refractivity contribution < 1.29 is 29.1 Å². The summed E-state index contributed by atoms with van der Waals surface area (Å²) in [4.78, 5) is 60.7. The van der Waals surface area contributed by atoms with Crippen molar-refractivity contribution in [2.24, 2.45) is 11.5 Å². The second kappa shape index (κ2) is 14.1. The largest absolute Gasteiger partial charge is 0.480 e. The second-order valence-corrected chi connectivity index (χ2v) is 8.44. The summed E-state index contributed by atoms with van der Waals surface area (Å²) in [7, 11) is 0. The van der Waals surface area contributed by atoms with E-state index in [0.29, 0.717) is 11.3 Å². The lowest BCUT2D eigenvalue weighted by molar-refractivity contribution is -0.142. The molecule has 11 nitrogen and oxygen atoms in total. The number of carbonyl (C=O) groups excluding carboxylic acids is 4. The number of nitrogens with two attached hydrogens (primary N) is 2. The Bertz CT molecular complexity index is 836. The average molecular weight is 482 g/mol. The molecule has 1 rings (SSSR count). The molecule has 4 unspecified atom stereocenters. The molecule has 4 atom stereocenters. The van der Waals surface area contributed by atoms with Gasteiger partial charge < -0.3 is 32.5 Å². The highest BCUT2D eigenvalue weighted by Gasteiger charge is 2.30. The Morgan fingerprint density at radius 1 is 0.939 bits per heavy atom. The van der Waals surface area contributed by atoms with Gasteiger partial charge in [-0.05, 0) is 30.9 Å². The summed E-state index contributed by atoms with van der Waals surface area (Å²) in [5.41, 5.74) is 11.4. The molecule has 0 aliphatic carbocycles. The van der Waals surface area contributed by atoms with Crippen LogP contribution in [0.2, 0.25) is 0 Å². The maximum atomic E-state index is 12.8. The monoisotopic (exact) mass is 481 g/mol. The van der Waals surface area contributed by atoms with Crippen molar-refractivity contribution in [1.82, 2.24) is 16.0 Å². The molecule has 0 spiro atoms. The first kappa shape index (κ1) is 27.9. The zero-order chi connectivity index (χ0) is 25.0. The van der Waals surface area contributed by atoms with Gasteiger partial charge in [0.25, 0.3) is 0 Å². The molecular formula is C21H31N5O6S. The fourth-order valence-corrected chi connectivity index (χ4v) is 3.28. The van der Waals surface area contributed by atoms with Crippen molar-refractivity contribution >= 4 is 41.4 Å². The summed E-state index contributed by atoms with van der Waals surface area (Å²) >= 11 is 1.45. The summed E-state index contributed by atoms with van der Waals surface area (Å²) in [5, 5.41) is 16.8. The number of amides is 4. The van der Waals surface area contributed by atoms with E-state index in [1.165, 1.54) is 18.7 Å². The van der Waals surface area contributed by atoms with Gasteiger partial charge in [0, 0.05) is 6.42 Å². The van der Waals surface area contributed by atoms with Gasteiger partial charge in [0.05, 0.1) is 12.5 Å². The van der Waals surface area contributed by atoms with Crippen LogP contribution in [0.4, 0.5) is 0 Å². The second-order valence-electron chi connectivity index (χ2n) is 7.45. The zero-order valence-corrected chi connectivity index (χ0v) is 19.4. The molecule has 182 valence electrons. The minimum Gasteiger partial charge on any atom is -0.480 e. The number of hydrogen-bond acceptors (Lipinski definition) is 7. The molecule has 0 heterocycles. The Morgan fingerprint density at radius 2 is 1.48 bits per heavy atom. The molecular weight excluding hydrogens is 450 g/mol. The van der Waals surface area contributed by atoms with Gasteiger partial charge in [-0.1, -0.05) is 30.3 Å². The Labute approximate surface area is 196 Å². The van der Waals surface area contributed by atoms with Crippen molar-refractivity contribution in [3.63, 3.8) is 0 Å². The van der Waals surface area contributed by atoms with E-state index in [1.54, 1.807) is 30.3 Å². The lowest BCUT2D eigenvalue weighted by Gasteiger charge is -2.24. The van der Waals surface area contributed by atoms with Gasteiger partial charge in [-0.2, -0.15) is 11.8 Å². The van der Waals surface area contributed by atoms with Gasteiger partial charge in [-0.15, -0.1) is 0 Å². The number of hydrogen-bond donors (Lipinski definition) is 6. The molecule has 0 saturated heterocycles. The summed E-state index contributed by atoms with van der Waals surface area (Å²) in [6.45, 7) is 1.46. The molecule has 0 bridgehead atoms. The lowest BCUT2D eigenvalue weighted by atomic mass is 10.0.